The number of amides is 1. The van der Waals surface area contributed by atoms with Crippen molar-refractivity contribution in [3.05, 3.63) is 75.9 Å². The smallest absolute Gasteiger partial charge is 0.267 e. The van der Waals surface area contributed by atoms with Crippen LogP contribution in [0, 0.1) is 0 Å². The van der Waals surface area contributed by atoms with E-state index in [4.69, 9.17) is 0 Å². The van der Waals surface area contributed by atoms with Gasteiger partial charge in [-0.15, -0.1) is 11.3 Å². The summed E-state index contributed by atoms with van der Waals surface area (Å²) in [5.74, 6) is -0.0829. The fraction of sp³-hybridized carbons (Fsp3) is 0.318. The first-order valence-electron chi connectivity index (χ1n) is 9.61. The molecule has 1 aliphatic heterocycles. The molecule has 0 unspecified atom stereocenters. The quantitative estimate of drug-likeness (QED) is 0.675. The molecule has 0 saturated carbocycles. The molecule has 0 radical (unpaired) electrons. The SMILES string of the molecule is C[C@H](C(=O)N1CCC[C@H](n2nc(-c3cccs3)ccc2=O)C1)c1ccccc1. The Kier molecular flexibility index (Phi) is 5.39. The van der Waals surface area contributed by atoms with Crippen LogP contribution in [0.2, 0.25) is 0 Å². The Hall–Kier alpha value is -2.73. The van der Waals surface area contributed by atoms with E-state index in [1.165, 1.54) is 0 Å². The monoisotopic (exact) mass is 393 g/mol. The van der Waals surface area contributed by atoms with Crippen LogP contribution in [0.4, 0.5) is 0 Å². The fourth-order valence-corrected chi connectivity index (χ4v) is 4.45. The summed E-state index contributed by atoms with van der Waals surface area (Å²) in [5, 5.41) is 6.61. The molecule has 2 atom stereocenters. The fourth-order valence-electron chi connectivity index (χ4n) is 3.76. The first kappa shape index (κ1) is 18.6. The van der Waals surface area contributed by atoms with E-state index in [0.29, 0.717) is 6.54 Å². The summed E-state index contributed by atoms with van der Waals surface area (Å²) in [6.45, 7) is 3.20. The Morgan fingerprint density at radius 3 is 2.71 bits per heavy atom. The van der Waals surface area contributed by atoms with E-state index in [2.05, 4.69) is 5.10 Å². The van der Waals surface area contributed by atoms with Crippen LogP contribution in [0.1, 0.15) is 37.3 Å². The number of rotatable bonds is 4. The number of aromatic nitrogens is 2. The normalized spacial score (nSPS) is 18.0. The molecule has 1 aromatic carbocycles. The molecule has 28 heavy (non-hydrogen) atoms. The summed E-state index contributed by atoms with van der Waals surface area (Å²) in [5.41, 5.74) is 1.70. The summed E-state index contributed by atoms with van der Waals surface area (Å²) in [7, 11) is 0. The number of hydrogen-bond acceptors (Lipinski definition) is 4. The number of benzene rings is 1. The highest BCUT2D eigenvalue weighted by Gasteiger charge is 2.29. The van der Waals surface area contributed by atoms with E-state index in [1.807, 2.05) is 59.7 Å². The van der Waals surface area contributed by atoms with Gasteiger partial charge in [-0.1, -0.05) is 36.4 Å². The molecule has 0 bridgehead atoms. The molecule has 1 aliphatic rings. The topological polar surface area (TPSA) is 55.2 Å². The second kappa shape index (κ2) is 8.10. The Bertz CT molecular complexity index is 998. The summed E-state index contributed by atoms with van der Waals surface area (Å²) in [6.07, 6.45) is 1.72. The molecule has 3 heterocycles. The zero-order chi connectivity index (χ0) is 19.5. The van der Waals surface area contributed by atoms with Gasteiger partial charge >= 0.3 is 0 Å². The van der Waals surface area contributed by atoms with Gasteiger partial charge in [-0.3, -0.25) is 9.59 Å². The van der Waals surface area contributed by atoms with Gasteiger partial charge in [0.15, 0.2) is 0 Å². The molecular weight excluding hydrogens is 370 g/mol. The van der Waals surface area contributed by atoms with Gasteiger partial charge in [-0.05, 0) is 42.8 Å². The van der Waals surface area contributed by atoms with Crippen molar-refractivity contribution in [2.45, 2.75) is 31.7 Å². The van der Waals surface area contributed by atoms with Crippen molar-refractivity contribution in [2.75, 3.05) is 13.1 Å². The molecule has 6 heteroatoms. The number of carbonyl (C=O) groups is 1. The number of piperidine rings is 1. The van der Waals surface area contributed by atoms with Gasteiger partial charge in [0.05, 0.1) is 16.8 Å². The summed E-state index contributed by atoms with van der Waals surface area (Å²) < 4.78 is 1.57. The van der Waals surface area contributed by atoms with Crippen LogP contribution >= 0.6 is 11.3 Å². The van der Waals surface area contributed by atoms with Crippen LogP contribution in [0.3, 0.4) is 0 Å². The Morgan fingerprint density at radius 2 is 1.96 bits per heavy atom. The Morgan fingerprint density at radius 1 is 1.14 bits per heavy atom. The van der Waals surface area contributed by atoms with Gasteiger partial charge in [0.25, 0.3) is 5.56 Å². The summed E-state index contributed by atoms with van der Waals surface area (Å²) in [4.78, 5) is 28.4. The van der Waals surface area contributed by atoms with Gasteiger partial charge in [0.1, 0.15) is 5.69 Å². The minimum absolute atomic E-state index is 0.0897. The van der Waals surface area contributed by atoms with Crippen molar-refractivity contribution in [3.63, 3.8) is 0 Å². The number of hydrogen-bond donors (Lipinski definition) is 0. The van der Waals surface area contributed by atoms with E-state index in [1.54, 1.807) is 28.2 Å². The van der Waals surface area contributed by atoms with Crippen molar-refractivity contribution in [1.82, 2.24) is 14.7 Å². The van der Waals surface area contributed by atoms with E-state index >= 15 is 0 Å². The van der Waals surface area contributed by atoms with Crippen LogP contribution in [0.15, 0.2) is 64.8 Å². The molecule has 1 amide bonds. The average Bonchev–Trinajstić information content (AvgIpc) is 3.29. The maximum Gasteiger partial charge on any atom is 0.267 e. The van der Waals surface area contributed by atoms with Crippen molar-refractivity contribution < 1.29 is 4.79 Å². The third-order valence-corrected chi connectivity index (χ3v) is 6.22. The predicted octanol–water partition coefficient (Wildman–Crippen LogP) is 3.94. The first-order chi connectivity index (χ1) is 13.6. The number of nitrogens with zero attached hydrogens (tertiary/aromatic N) is 3. The second-order valence-corrected chi connectivity index (χ2v) is 8.14. The van der Waals surface area contributed by atoms with Gasteiger partial charge in [-0.2, -0.15) is 5.10 Å². The number of carbonyl (C=O) groups excluding carboxylic acids is 1. The first-order valence-corrected chi connectivity index (χ1v) is 10.5. The van der Waals surface area contributed by atoms with Gasteiger partial charge < -0.3 is 4.90 Å². The maximum atomic E-state index is 13.0. The van der Waals surface area contributed by atoms with Gasteiger partial charge in [0, 0.05) is 19.2 Å². The van der Waals surface area contributed by atoms with Crippen LogP contribution in [0.5, 0.6) is 0 Å². The molecule has 5 nitrogen and oxygen atoms in total. The van der Waals surface area contributed by atoms with Crippen LogP contribution in [-0.4, -0.2) is 33.7 Å². The molecule has 1 saturated heterocycles. The highest BCUT2D eigenvalue weighted by atomic mass is 32.1. The lowest BCUT2D eigenvalue weighted by Crippen LogP contribution is -2.44. The molecule has 144 valence electrons. The van der Waals surface area contributed by atoms with Crippen molar-refractivity contribution in [1.29, 1.82) is 0 Å². The largest absolute Gasteiger partial charge is 0.340 e. The lowest BCUT2D eigenvalue weighted by Gasteiger charge is -2.34. The molecule has 2 aromatic heterocycles. The number of thiophene rings is 1. The van der Waals surface area contributed by atoms with Crippen molar-refractivity contribution in [2.24, 2.45) is 0 Å². The van der Waals surface area contributed by atoms with Crippen LogP contribution < -0.4 is 5.56 Å². The molecule has 1 fully saturated rings. The van der Waals surface area contributed by atoms with Crippen molar-refractivity contribution >= 4 is 17.2 Å². The van der Waals surface area contributed by atoms with Crippen LogP contribution in [0.25, 0.3) is 10.6 Å². The zero-order valence-corrected chi connectivity index (χ0v) is 16.6. The molecule has 0 N–H and O–H groups in total. The average molecular weight is 394 g/mol. The minimum Gasteiger partial charge on any atom is -0.340 e. The third kappa shape index (κ3) is 3.78. The molecular formula is C22H23N3O2S. The number of likely N-dealkylation sites (tertiary alicyclic amines) is 1. The van der Waals surface area contributed by atoms with Crippen LogP contribution in [-0.2, 0) is 4.79 Å². The van der Waals surface area contributed by atoms with Gasteiger partial charge in [-0.25, -0.2) is 4.68 Å². The summed E-state index contributed by atoms with van der Waals surface area (Å²) in [6, 6.07) is 17.1. The molecule has 3 aromatic rings. The molecule has 0 aliphatic carbocycles. The highest BCUT2D eigenvalue weighted by Crippen LogP contribution is 2.26. The standard InChI is InChI=1S/C22H23N3O2S/c1-16(17-7-3-2-4-8-17)22(27)24-13-5-9-18(15-24)25-21(26)12-11-19(23-25)20-10-6-14-28-20/h2-4,6-8,10-12,14,16,18H,5,9,13,15H2,1H3/t16-,18-/m0/s1. The molecule has 4 rings (SSSR count). The second-order valence-electron chi connectivity index (χ2n) is 7.19. The lowest BCUT2D eigenvalue weighted by molar-refractivity contribution is -0.134. The van der Waals surface area contributed by atoms with E-state index in [0.717, 1.165) is 35.5 Å². The minimum atomic E-state index is -0.193. The zero-order valence-electron chi connectivity index (χ0n) is 15.8. The highest BCUT2D eigenvalue weighted by molar-refractivity contribution is 7.13. The van der Waals surface area contributed by atoms with Crippen molar-refractivity contribution in [3.8, 4) is 10.6 Å². The molecule has 0 spiro atoms. The van der Waals surface area contributed by atoms with Gasteiger partial charge in [0.2, 0.25) is 5.91 Å². The maximum absolute atomic E-state index is 13.0. The van der Waals surface area contributed by atoms with E-state index < -0.39 is 0 Å². The summed E-state index contributed by atoms with van der Waals surface area (Å²) >= 11 is 1.60. The lowest BCUT2D eigenvalue weighted by atomic mass is 9.97. The Labute approximate surface area is 168 Å². The predicted molar refractivity (Wildman–Crippen MR) is 112 cm³/mol. The Balaban J connectivity index is 1.55. The van der Waals surface area contributed by atoms with E-state index in [-0.39, 0.29) is 23.4 Å². The third-order valence-electron chi connectivity index (χ3n) is 5.32. The van der Waals surface area contributed by atoms with E-state index in [9.17, 15) is 9.59 Å².